The quantitative estimate of drug-likeness (QED) is 0.398. The van der Waals surface area contributed by atoms with E-state index >= 15 is 0 Å². The van der Waals surface area contributed by atoms with Crippen molar-refractivity contribution in [2.75, 3.05) is 18.4 Å². The largest absolute Gasteiger partial charge is 0.339 e. The fraction of sp³-hybridized carbons (Fsp3) is 0.259. The van der Waals surface area contributed by atoms with Crippen LogP contribution in [0.5, 0.6) is 0 Å². The molecular formula is C27H25N5O2S. The van der Waals surface area contributed by atoms with Crippen LogP contribution in [0, 0.1) is 5.41 Å². The zero-order chi connectivity index (χ0) is 24.0. The minimum atomic E-state index is -0.167. The number of anilines is 1. The topological polar surface area (TPSA) is 80.1 Å². The Hall–Kier alpha value is -3.78. The van der Waals surface area contributed by atoms with Gasteiger partial charge in [-0.1, -0.05) is 24.8 Å². The maximum atomic E-state index is 13.2. The van der Waals surface area contributed by atoms with Crippen molar-refractivity contribution in [2.24, 2.45) is 5.41 Å². The Morgan fingerprint density at radius 1 is 1.14 bits per heavy atom. The first-order valence-corrected chi connectivity index (χ1v) is 12.6. The zero-order valence-corrected chi connectivity index (χ0v) is 20.0. The predicted molar refractivity (Wildman–Crippen MR) is 137 cm³/mol. The molecule has 2 aliphatic rings. The summed E-state index contributed by atoms with van der Waals surface area (Å²) >= 11 is 1.44. The molecule has 4 aromatic rings. The average Bonchev–Trinajstić information content (AvgIpc) is 3.60. The van der Waals surface area contributed by atoms with E-state index in [-0.39, 0.29) is 23.3 Å². The van der Waals surface area contributed by atoms with Gasteiger partial charge in [0.2, 0.25) is 11.9 Å². The van der Waals surface area contributed by atoms with E-state index in [1.54, 1.807) is 12.4 Å². The van der Waals surface area contributed by atoms with Gasteiger partial charge in [-0.05, 0) is 61.1 Å². The molecule has 4 heterocycles. The maximum absolute atomic E-state index is 13.2. The number of pyridine rings is 1. The highest BCUT2D eigenvalue weighted by atomic mass is 32.1. The standard InChI is InChI=1S/C27H25N5O2S/c1-2-24(33)31-13-11-27(17-31)14-19(15-27)32-21-8-4-3-7-20(21)29-26(32)30-25(34)23-10-9-22(35-23)18-6-5-12-28-16-18/h2-10,12,16,19H,1,11,13-15,17H2,(H,29,30,34). The molecule has 7 nitrogen and oxygen atoms in total. The van der Waals surface area contributed by atoms with Gasteiger partial charge in [-0.15, -0.1) is 11.3 Å². The second-order valence-electron chi connectivity index (χ2n) is 9.43. The molecule has 1 aromatic carbocycles. The van der Waals surface area contributed by atoms with Crippen LogP contribution in [-0.4, -0.2) is 44.3 Å². The molecule has 176 valence electrons. The Morgan fingerprint density at radius 2 is 2.00 bits per heavy atom. The van der Waals surface area contributed by atoms with Crippen molar-refractivity contribution in [3.05, 3.63) is 78.5 Å². The molecule has 1 aliphatic carbocycles. The van der Waals surface area contributed by atoms with Crippen molar-refractivity contribution in [2.45, 2.75) is 25.3 Å². The molecule has 8 heteroatoms. The number of thiophene rings is 1. The Bertz CT molecular complexity index is 1430. The molecule has 35 heavy (non-hydrogen) atoms. The molecule has 1 saturated heterocycles. The molecular weight excluding hydrogens is 458 g/mol. The smallest absolute Gasteiger partial charge is 0.268 e. The van der Waals surface area contributed by atoms with E-state index < -0.39 is 0 Å². The number of benzene rings is 1. The van der Waals surface area contributed by atoms with E-state index in [0.29, 0.717) is 10.8 Å². The summed E-state index contributed by atoms with van der Waals surface area (Å²) in [5.74, 6) is 0.414. The van der Waals surface area contributed by atoms with Gasteiger partial charge < -0.3 is 9.47 Å². The lowest BCUT2D eigenvalue weighted by molar-refractivity contribution is -0.125. The van der Waals surface area contributed by atoms with Gasteiger partial charge in [-0.25, -0.2) is 4.98 Å². The number of carbonyl (C=O) groups is 2. The van der Waals surface area contributed by atoms with Crippen LogP contribution in [0.25, 0.3) is 21.5 Å². The number of para-hydroxylation sites is 2. The molecule has 6 rings (SSSR count). The van der Waals surface area contributed by atoms with Gasteiger partial charge in [0, 0.05) is 42.0 Å². The van der Waals surface area contributed by atoms with Crippen LogP contribution >= 0.6 is 11.3 Å². The highest BCUT2D eigenvalue weighted by molar-refractivity contribution is 7.17. The molecule has 0 radical (unpaired) electrons. The predicted octanol–water partition coefficient (Wildman–Crippen LogP) is 5.15. The molecule has 0 unspecified atom stereocenters. The fourth-order valence-electron chi connectivity index (χ4n) is 5.50. The van der Waals surface area contributed by atoms with Crippen molar-refractivity contribution < 1.29 is 9.59 Å². The van der Waals surface area contributed by atoms with E-state index in [1.165, 1.54) is 17.4 Å². The van der Waals surface area contributed by atoms with Gasteiger partial charge in [0.05, 0.1) is 15.9 Å². The van der Waals surface area contributed by atoms with Gasteiger partial charge in [0.15, 0.2) is 0 Å². The van der Waals surface area contributed by atoms with Gasteiger partial charge in [-0.3, -0.25) is 19.9 Å². The van der Waals surface area contributed by atoms with Crippen molar-refractivity contribution in [3.8, 4) is 10.4 Å². The second-order valence-corrected chi connectivity index (χ2v) is 10.5. The highest BCUT2D eigenvalue weighted by Crippen LogP contribution is 2.55. The Kier molecular flexibility index (Phi) is 5.25. The van der Waals surface area contributed by atoms with Crippen LogP contribution in [0.1, 0.15) is 35.0 Å². The van der Waals surface area contributed by atoms with E-state index in [2.05, 4.69) is 27.5 Å². The molecule has 0 atom stereocenters. The van der Waals surface area contributed by atoms with Crippen molar-refractivity contribution in [1.29, 1.82) is 0 Å². The van der Waals surface area contributed by atoms with Crippen LogP contribution < -0.4 is 5.32 Å². The summed E-state index contributed by atoms with van der Waals surface area (Å²) in [4.78, 5) is 37.7. The molecule has 3 aromatic heterocycles. The molecule has 0 bridgehead atoms. The molecule has 1 N–H and O–H groups in total. The van der Waals surface area contributed by atoms with Crippen LogP contribution in [0.4, 0.5) is 5.95 Å². The zero-order valence-electron chi connectivity index (χ0n) is 19.2. The van der Waals surface area contributed by atoms with E-state index in [9.17, 15) is 9.59 Å². The summed E-state index contributed by atoms with van der Waals surface area (Å²) in [6, 6.07) is 15.9. The molecule has 1 aliphatic heterocycles. The lowest BCUT2D eigenvalue weighted by Gasteiger charge is -2.46. The van der Waals surface area contributed by atoms with E-state index in [1.807, 2.05) is 47.4 Å². The van der Waals surface area contributed by atoms with Crippen molar-refractivity contribution >= 4 is 40.1 Å². The third-order valence-electron chi connectivity index (χ3n) is 7.22. The van der Waals surface area contributed by atoms with E-state index in [4.69, 9.17) is 4.98 Å². The lowest BCUT2D eigenvalue weighted by atomic mass is 9.65. The Morgan fingerprint density at radius 3 is 2.80 bits per heavy atom. The normalized spacial score (nSPS) is 21.3. The highest BCUT2D eigenvalue weighted by Gasteiger charge is 2.50. The molecule has 1 saturated carbocycles. The number of hydrogen-bond acceptors (Lipinski definition) is 5. The number of nitrogens with one attached hydrogen (secondary N) is 1. The molecule has 2 amide bonds. The van der Waals surface area contributed by atoms with Crippen LogP contribution in [0.3, 0.4) is 0 Å². The first-order valence-electron chi connectivity index (χ1n) is 11.8. The number of likely N-dealkylation sites (tertiary alicyclic amines) is 1. The number of hydrogen-bond donors (Lipinski definition) is 1. The molecule has 2 fully saturated rings. The number of amides is 2. The average molecular weight is 484 g/mol. The number of fused-ring (bicyclic) bond motifs is 1. The Balaban J connectivity index is 1.24. The van der Waals surface area contributed by atoms with Gasteiger partial charge >= 0.3 is 0 Å². The van der Waals surface area contributed by atoms with Gasteiger partial charge in [0.1, 0.15) is 0 Å². The first-order chi connectivity index (χ1) is 17.0. The summed E-state index contributed by atoms with van der Waals surface area (Å²) in [6.07, 6.45) is 7.86. The Labute approximate surface area is 207 Å². The second kappa shape index (κ2) is 8.46. The van der Waals surface area contributed by atoms with E-state index in [0.717, 1.165) is 53.8 Å². The summed E-state index contributed by atoms with van der Waals surface area (Å²) in [6.45, 7) is 5.18. The summed E-state index contributed by atoms with van der Waals surface area (Å²) in [5, 5.41) is 3.08. The molecule has 1 spiro atoms. The number of aromatic nitrogens is 3. The third-order valence-corrected chi connectivity index (χ3v) is 8.36. The van der Waals surface area contributed by atoms with Crippen molar-refractivity contribution in [1.82, 2.24) is 19.4 Å². The number of nitrogens with zero attached hydrogens (tertiary/aromatic N) is 4. The van der Waals surface area contributed by atoms with Crippen LogP contribution in [0.15, 0.2) is 73.6 Å². The third kappa shape index (κ3) is 3.83. The maximum Gasteiger partial charge on any atom is 0.268 e. The van der Waals surface area contributed by atoms with Gasteiger partial charge in [-0.2, -0.15) is 0 Å². The lowest BCUT2D eigenvalue weighted by Crippen LogP contribution is -2.42. The van der Waals surface area contributed by atoms with Gasteiger partial charge in [0.25, 0.3) is 5.91 Å². The minimum Gasteiger partial charge on any atom is -0.339 e. The van der Waals surface area contributed by atoms with Crippen LogP contribution in [0.2, 0.25) is 0 Å². The first kappa shape index (κ1) is 21.7. The summed E-state index contributed by atoms with van der Waals surface area (Å²) in [7, 11) is 0. The monoisotopic (exact) mass is 483 g/mol. The number of imidazole rings is 1. The number of rotatable bonds is 5. The number of carbonyl (C=O) groups excluding carboxylic acids is 2. The minimum absolute atomic E-state index is 0.00737. The summed E-state index contributed by atoms with van der Waals surface area (Å²) < 4.78 is 2.17. The SMILES string of the molecule is C=CC(=O)N1CCC2(CC(n3c(NC(=O)c4ccc(-c5cccnc5)s4)nc4ccccc43)C2)C1. The summed E-state index contributed by atoms with van der Waals surface area (Å²) in [5.41, 5.74) is 3.01. The fourth-order valence-corrected chi connectivity index (χ4v) is 6.39. The van der Waals surface area contributed by atoms with Crippen LogP contribution in [-0.2, 0) is 4.79 Å². The van der Waals surface area contributed by atoms with Crippen molar-refractivity contribution in [3.63, 3.8) is 0 Å².